The number of fused-ring (bicyclic) bond motifs is 1. The second-order valence-corrected chi connectivity index (χ2v) is 8.66. The summed E-state index contributed by atoms with van der Waals surface area (Å²) in [5.41, 5.74) is 5.12. The molecule has 5 aromatic carbocycles. The highest BCUT2D eigenvalue weighted by molar-refractivity contribution is 6.36. The Balaban J connectivity index is 1.52. The van der Waals surface area contributed by atoms with Crippen molar-refractivity contribution in [2.24, 2.45) is 0 Å². The Morgan fingerprint density at radius 3 is 1.49 bits per heavy atom. The first-order valence-corrected chi connectivity index (χ1v) is 11.8. The number of hydrogen-bond donors (Lipinski definition) is 0. The van der Waals surface area contributed by atoms with Gasteiger partial charge in [0.05, 0.1) is 0 Å². The van der Waals surface area contributed by atoms with Gasteiger partial charge >= 0.3 is 0 Å². The second-order valence-electron chi connectivity index (χ2n) is 8.26. The van der Waals surface area contributed by atoms with Gasteiger partial charge in [-0.3, -0.25) is 0 Å². The minimum absolute atomic E-state index is 0.619. The van der Waals surface area contributed by atoms with E-state index in [4.69, 9.17) is 26.6 Å². The predicted molar refractivity (Wildman–Crippen MR) is 144 cm³/mol. The fourth-order valence-corrected chi connectivity index (χ4v) is 4.47. The maximum Gasteiger partial charge on any atom is 0.164 e. The molecule has 1 aromatic heterocycles. The molecule has 0 amide bonds. The maximum absolute atomic E-state index is 6.48. The molecule has 0 N–H and O–H groups in total. The highest BCUT2D eigenvalue weighted by Gasteiger charge is 2.15. The molecule has 0 aliphatic carbocycles. The monoisotopic (exact) mass is 469 g/mol. The van der Waals surface area contributed by atoms with Crippen LogP contribution in [0.25, 0.3) is 56.1 Å². The van der Waals surface area contributed by atoms with E-state index in [1.165, 1.54) is 5.56 Å². The van der Waals surface area contributed by atoms with E-state index in [2.05, 4.69) is 42.5 Å². The predicted octanol–water partition coefficient (Wildman–Crippen LogP) is 8.35. The number of halogens is 1. The molecule has 1 heterocycles. The van der Waals surface area contributed by atoms with E-state index in [-0.39, 0.29) is 0 Å². The van der Waals surface area contributed by atoms with Crippen molar-refractivity contribution in [1.29, 1.82) is 0 Å². The summed E-state index contributed by atoms with van der Waals surface area (Å²) in [7, 11) is 0. The molecule has 4 heteroatoms. The summed E-state index contributed by atoms with van der Waals surface area (Å²) in [4.78, 5) is 14.6. The Hall–Kier alpha value is -4.34. The average Bonchev–Trinajstić information content (AvgIpc) is 2.94. The van der Waals surface area contributed by atoms with E-state index in [0.717, 1.165) is 33.0 Å². The summed E-state index contributed by atoms with van der Waals surface area (Å²) in [6.07, 6.45) is 0. The quantitative estimate of drug-likeness (QED) is 0.260. The lowest BCUT2D eigenvalue weighted by Crippen LogP contribution is -2.00. The van der Waals surface area contributed by atoms with Crippen LogP contribution in [-0.2, 0) is 0 Å². The third kappa shape index (κ3) is 4.18. The summed E-state index contributed by atoms with van der Waals surface area (Å²) in [6.45, 7) is 0. The molecule has 0 radical (unpaired) electrons. The largest absolute Gasteiger partial charge is 0.208 e. The van der Waals surface area contributed by atoms with Gasteiger partial charge < -0.3 is 0 Å². The molecule has 0 aliphatic rings. The van der Waals surface area contributed by atoms with E-state index in [0.29, 0.717) is 22.5 Å². The molecule has 0 bridgehead atoms. The smallest absolute Gasteiger partial charge is 0.164 e. The van der Waals surface area contributed by atoms with Crippen LogP contribution in [0.5, 0.6) is 0 Å². The number of hydrogen-bond acceptors (Lipinski definition) is 3. The molecule has 0 aliphatic heterocycles. The van der Waals surface area contributed by atoms with Gasteiger partial charge in [0.1, 0.15) is 0 Å². The van der Waals surface area contributed by atoms with Gasteiger partial charge in [-0.25, -0.2) is 15.0 Å². The molecule has 6 aromatic rings. The topological polar surface area (TPSA) is 38.7 Å². The van der Waals surface area contributed by atoms with Gasteiger partial charge in [0.15, 0.2) is 17.5 Å². The number of aromatic nitrogens is 3. The van der Waals surface area contributed by atoms with Crippen molar-refractivity contribution in [3.05, 3.63) is 126 Å². The highest BCUT2D eigenvalue weighted by atomic mass is 35.5. The molecular weight excluding hydrogens is 450 g/mol. The SMILES string of the molecule is Clc1ccc(-c2nc(-c3ccccc3)nc(-c3ccc(-c4ccccc4)cc3)n2)c2ccccc12. The van der Waals surface area contributed by atoms with E-state index >= 15 is 0 Å². The van der Waals surface area contributed by atoms with Gasteiger partial charge in [0.25, 0.3) is 0 Å². The zero-order valence-electron chi connectivity index (χ0n) is 18.8. The van der Waals surface area contributed by atoms with Crippen LogP contribution in [0.15, 0.2) is 121 Å². The minimum atomic E-state index is 0.619. The molecule has 0 spiro atoms. The summed E-state index contributed by atoms with van der Waals surface area (Å²) in [5.74, 6) is 1.89. The molecule has 0 unspecified atom stereocenters. The van der Waals surface area contributed by atoms with Crippen LogP contribution in [0.2, 0.25) is 5.02 Å². The lowest BCUT2D eigenvalue weighted by molar-refractivity contribution is 1.08. The molecule has 3 nitrogen and oxygen atoms in total. The Morgan fingerprint density at radius 1 is 0.371 bits per heavy atom. The summed E-state index contributed by atoms with van der Waals surface area (Å²) in [5, 5.41) is 2.69. The van der Waals surface area contributed by atoms with Crippen LogP contribution < -0.4 is 0 Å². The fourth-order valence-electron chi connectivity index (χ4n) is 4.24. The number of nitrogens with zero attached hydrogens (tertiary/aromatic N) is 3. The molecule has 6 rings (SSSR count). The molecular formula is C31H20ClN3. The van der Waals surface area contributed by atoms with Gasteiger partial charge in [0.2, 0.25) is 0 Å². The zero-order valence-corrected chi connectivity index (χ0v) is 19.5. The van der Waals surface area contributed by atoms with Gasteiger partial charge in [-0.1, -0.05) is 121 Å². The van der Waals surface area contributed by atoms with Crippen LogP contribution in [0.1, 0.15) is 0 Å². The summed E-state index contributed by atoms with van der Waals surface area (Å²) < 4.78 is 0. The number of benzene rings is 5. The molecule has 0 fully saturated rings. The van der Waals surface area contributed by atoms with Crippen LogP contribution >= 0.6 is 11.6 Å². The molecule has 35 heavy (non-hydrogen) atoms. The van der Waals surface area contributed by atoms with E-state index in [1.54, 1.807) is 0 Å². The second kappa shape index (κ2) is 9.13. The Bertz CT molecular complexity index is 1630. The first-order valence-electron chi connectivity index (χ1n) is 11.4. The normalized spacial score (nSPS) is 11.0. The maximum atomic E-state index is 6.48. The van der Waals surface area contributed by atoms with Crippen molar-refractivity contribution in [2.75, 3.05) is 0 Å². The molecule has 0 atom stereocenters. The standard InChI is InChI=1S/C31H20ClN3/c32-28-20-19-27(25-13-7-8-14-26(25)28)31-34-29(23-11-5-2-6-12-23)33-30(35-31)24-17-15-22(16-18-24)21-9-3-1-4-10-21/h1-20H. The summed E-state index contributed by atoms with van der Waals surface area (Å²) in [6, 6.07) is 40.6. The fraction of sp³-hybridized carbons (Fsp3) is 0. The third-order valence-electron chi connectivity index (χ3n) is 6.03. The van der Waals surface area contributed by atoms with Crippen LogP contribution in [0.4, 0.5) is 0 Å². The van der Waals surface area contributed by atoms with Gasteiger partial charge in [-0.15, -0.1) is 0 Å². The van der Waals surface area contributed by atoms with Crippen molar-refractivity contribution < 1.29 is 0 Å². The lowest BCUT2D eigenvalue weighted by atomic mass is 10.0. The lowest BCUT2D eigenvalue weighted by Gasteiger charge is -2.11. The van der Waals surface area contributed by atoms with Crippen LogP contribution in [-0.4, -0.2) is 15.0 Å². The van der Waals surface area contributed by atoms with Crippen molar-refractivity contribution in [1.82, 2.24) is 15.0 Å². The highest BCUT2D eigenvalue weighted by Crippen LogP contribution is 2.33. The van der Waals surface area contributed by atoms with Crippen molar-refractivity contribution >= 4 is 22.4 Å². The Kier molecular flexibility index (Phi) is 5.53. The van der Waals surface area contributed by atoms with Gasteiger partial charge in [-0.05, 0) is 28.6 Å². The van der Waals surface area contributed by atoms with Crippen LogP contribution in [0, 0.1) is 0 Å². The van der Waals surface area contributed by atoms with E-state index in [1.807, 2.05) is 78.9 Å². The van der Waals surface area contributed by atoms with Gasteiger partial charge in [0, 0.05) is 27.1 Å². The van der Waals surface area contributed by atoms with Crippen molar-refractivity contribution in [3.8, 4) is 45.3 Å². The first-order chi connectivity index (χ1) is 17.3. The third-order valence-corrected chi connectivity index (χ3v) is 6.36. The Labute approximate surface area is 208 Å². The van der Waals surface area contributed by atoms with Crippen molar-refractivity contribution in [2.45, 2.75) is 0 Å². The Morgan fingerprint density at radius 2 is 0.829 bits per heavy atom. The van der Waals surface area contributed by atoms with Crippen molar-refractivity contribution in [3.63, 3.8) is 0 Å². The molecule has 0 saturated carbocycles. The van der Waals surface area contributed by atoms with Gasteiger partial charge in [-0.2, -0.15) is 0 Å². The molecule has 166 valence electrons. The molecule has 0 saturated heterocycles. The zero-order chi connectivity index (χ0) is 23.6. The minimum Gasteiger partial charge on any atom is -0.208 e. The average molecular weight is 470 g/mol. The first kappa shape index (κ1) is 21.2. The van der Waals surface area contributed by atoms with E-state index < -0.39 is 0 Å². The summed E-state index contributed by atoms with van der Waals surface area (Å²) >= 11 is 6.48. The number of rotatable bonds is 4. The van der Waals surface area contributed by atoms with Crippen LogP contribution in [0.3, 0.4) is 0 Å². The van der Waals surface area contributed by atoms with E-state index in [9.17, 15) is 0 Å².